The topological polar surface area (TPSA) is 23.5 Å². The Balaban J connectivity index is 2.51. The Morgan fingerprint density at radius 2 is 1.50 bits per heavy atom. The number of nitrogens with zero attached hydrogens (tertiary/aromatic N) is 1. The molecule has 0 aromatic heterocycles. The van der Waals surface area contributed by atoms with Gasteiger partial charge in [-0.3, -0.25) is 4.90 Å². The summed E-state index contributed by atoms with van der Waals surface area (Å²) < 4.78 is 0. The molecule has 0 bridgehead atoms. The van der Waals surface area contributed by atoms with Gasteiger partial charge in [-0.25, -0.2) is 0 Å². The summed E-state index contributed by atoms with van der Waals surface area (Å²) in [4.78, 5) is 2.57. The van der Waals surface area contributed by atoms with Crippen LogP contribution >= 0.6 is 0 Å². The molecular formula is C26H39NO. The van der Waals surface area contributed by atoms with Crippen LogP contribution in [-0.2, 0) is 12.0 Å². The summed E-state index contributed by atoms with van der Waals surface area (Å²) in [5.41, 5.74) is 5.15. The monoisotopic (exact) mass is 381 g/mol. The summed E-state index contributed by atoms with van der Waals surface area (Å²) in [5.74, 6) is 0.321. The third kappa shape index (κ3) is 5.68. The maximum absolute atomic E-state index is 9.76. The van der Waals surface area contributed by atoms with Gasteiger partial charge in [-0.2, -0.15) is 0 Å². The van der Waals surface area contributed by atoms with E-state index in [1.54, 1.807) is 0 Å². The molecule has 2 aromatic rings. The van der Waals surface area contributed by atoms with E-state index < -0.39 is 0 Å². The predicted molar refractivity (Wildman–Crippen MR) is 121 cm³/mol. The highest BCUT2D eigenvalue weighted by atomic mass is 16.3. The third-order valence-corrected chi connectivity index (χ3v) is 5.69. The summed E-state index contributed by atoms with van der Waals surface area (Å²) >= 11 is 0. The van der Waals surface area contributed by atoms with Crippen molar-refractivity contribution in [3.8, 4) is 0 Å². The number of hydrogen-bond donors (Lipinski definition) is 1. The van der Waals surface area contributed by atoms with Crippen molar-refractivity contribution in [2.24, 2.45) is 0 Å². The molecule has 0 aliphatic carbocycles. The van der Waals surface area contributed by atoms with E-state index in [1.807, 2.05) is 0 Å². The maximum Gasteiger partial charge on any atom is 0.0681 e. The fraction of sp³-hybridized carbons (Fsp3) is 0.538. The van der Waals surface area contributed by atoms with Crippen molar-refractivity contribution in [2.75, 3.05) is 6.54 Å². The van der Waals surface area contributed by atoms with Crippen molar-refractivity contribution in [1.82, 2.24) is 4.90 Å². The molecule has 2 nitrogen and oxygen atoms in total. The lowest BCUT2D eigenvalue weighted by Crippen LogP contribution is -2.38. The first-order chi connectivity index (χ1) is 13.1. The lowest BCUT2D eigenvalue weighted by Gasteiger charge is -2.34. The van der Waals surface area contributed by atoms with E-state index in [2.05, 4.69) is 102 Å². The van der Waals surface area contributed by atoms with E-state index in [9.17, 15) is 5.11 Å². The summed E-state index contributed by atoms with van der Waals surface area (Å²) in [6.45, 7) is 17.1. The highest BCUT2D eigenvalue weighted by molar-refractivity contribution is 5.43. The molecule has 0 unspecified atom stereocenters. The molecule has 0 aliphatic heterocycles. The molecule has 2 heteroatoms. The molecule has 0 saturated carbocycles. The van der Waals surface area contributed by atoms with Crippen molar-refractivity contribution in [3.63, 3.8) is 0 Å². The van der Waals surface area contributed by atoms with Crippen molar-refractivity contribution in [1.29, 1.82) is 0 Å². The molecule has 1 N–H and O–H groups in total. The zero-order chi connectivity index (χ0) is 20.9. The second-order valence-electron chi connectivity index (χ2n) is 9.51. The van der Waals surface area contributed by atoms with Gasteiger partial charge in [-0.1, -0.05) is 69.3 Å². The quantitative estimate of drug-likeness (QED) is 0.595. The van der Waals surface area contributed by atoms with Gasteiger partial charge in [0.25, 0.3) is 0 Å². The molecule has 0 aliphatic rings. The van der Waals surface area contributed by atoms with Gasteiger partial charge in [0.2, 0.25) is 0 Å². The van der Waals surface area contributed by atoms with Crippen molar-refractivity contribution in [2.45, 2.75) is 84.9 Å². The minimum Gasteiger partial charge on any atom is -0.392 e. The SMILES string of the molecule is CC(C)N(CC[C@H](c1ccccc1)c1cc(CO)ccc1C(C)(C)C)C(C)C. The third-order valence-electron chi connectivity index (χ3n) is 5.69. The Morgan fingerprint density at radius 3 is 2.00 bits per heavy atom. The zero-order valence-electron chi connectivity index (χ0n) is 18.9. The van der Waals surface area contributed by atoms with E-state index in [0.717, 1.165) is 18.5 Å². The second kappa shape index (κ2) is 9.71. The zero-order valence-corrected chi connectivity index (χ0v) is 18.9. The molecule has 28 heavy (non-hydrogen) atoms. The van der Waals surface area contributed by atoms with Crippen LogP contribution in [0.2, 0.25) is 0 Å². The molecule has 0 radical (unpaired) electrons. The first-order valence-electron chi connectivity index (χ1n) is 10.7. The molecule has 2 rings (SSSR count). The van der Waals surface area contributed by atoms with Crippen LogP contribution in [0.5, 0.6) is 0 Å². The summed E-state index contributed by atoms with van der Waals surface area (Å²) in [6, 6.07) is 18.4. The van der Waals surface area contributed by atoms with E-state index in [1.165, 1.54) is 16.7 Å². The molecule has 154 valence electrons. The first-order valence-corrected chi connectivity index (χ1v) is 10.7. The largest absolute Gasteiger partial charge is 0.392 e. The molecule has 0 fully saturated rings. The predicted octanol–water partition coefficient (Wildman–Crippen LogP) is 6.12. The standard InChI is InChI=1S/C26H39NO/c1-19(2)27(20(3)4)16-15-23(22-11-9-8-10-12-22)24-17-21(18-28)13-14-25(24)26(5,6)7/h8-14,17,19-20,23,28H,15-16,18H2,1-7H3/t23-/m1/s1. The Labute approximate surface area is 172 Å². The van der Waals surface area contributed by atoms with E-state index in [-0.39, 0.29) is 12.0 Å². The highest BCUT2D eigenvalue weighted by Gasteiger charge is 2.25. The number of rotatable bonds is 8. The summed E-state index contributed by atoms with van der Waals surface area (Å²) in [7, 11) is 0. The van der Waals surface area contributed by atoms with Gasteiger partial charge in [0.1, 0.15) is 0 Å². The van der Waals surface area contributed by atoms with Gasteiger partial charge in [0.05, 0.1) is 6.61 Å². The van der Waals surface area contributed by atoms with Gasteiger partial charge < -0.3 is 5.11 Å². The van der Waals surface area contributed by atoms with Crippen LogP contribution in [0.4, 0.5) is 0 Å². The normalized spacial score (nSPS) is 13.5. The van der Waals surface area contributed by atoms with Crippen LogP contribution in [0, 0.1) is 0 Å². The Kier molecular flexibility index (Phi) is 7.86. The number of aliphatic hydroxyl groups excluding tert-OH is 1. The lowest BCUT2D eigenvalue weighted by atomic mass is 9.76. The van der Waals surface area contributed by atoms with Gasteiger partial charge in [0.15, 0.2) is 0 Å². The Hall–Kier alpha value is -1.64. The van der Waals surface area contributed by atoms with Crippen LogP contribution in [0.1, 0.15) is 83.1 Å². The molecule has 0 heterocycles. The summed E-state index contributed by atoms with van der Waals surface area (Å²) in [6.07, 6.45) is 1.07. The average Bonchev–Trinajstić information content (AvgIpc) is 2.64. The van der Waals surface area contributed by atoms with E-state index >= 15 is 0 Å². The van der Waals surface area contributed by atoms with Crippen LogP contribution in [-0.4, -0.2) is 28.6 Å². The van der Waals surface area contributed by atoms with Crippen LogP contribution < -0.4 is 0 Å². The van der Waals surface area contributed by atoms with Crippen molar-refractivity contribution in [3.05, 3.63) is 70.8 Å². The van der Waals surface area contributed by atoms with Gasteiger partial charge >= 0.3 is 0 Å². The Morgan fingerprint density at radius 1 is 0.893 bits per heavy atom. The fourth-order valence-electron chi connectivity index (χ4n) is 4.26. The first kappa shape index (κ1) is 22.6. The van der Waals surface area contributed by atoms with Gasteiger partial charge in [-0.05, 0) is 68.3 Å². The van der Waals surface area contributed by atoms with E-state index in [4.69, 9.17) is 0 Å². The molecule has 0 amide bonds. The van der Waals surface area contributed by atoms with Crippen molar-refractivity contribution >= 4 is 0 Å². The molecular weight excluding hydrogens is 342 g/mol. The van der Waals surface area contributed by atoms with E-state index in [0.29, 0.717) is 18.0 Å². The fourth-order valence-corrected chi connectivity index (χ4v) is 4.26. The minimum atomic E-state index is 0.0616. The minimum absolute atomic E-state index is 0.0616. The van der Waals surface area contributed by atoms with Gasteiger partial charge in [0, 0.05) is 18.0 Å². The summed E-state index contributed by atoms with van der Waals surface area (Å²) in [5, 5.41) is 9.76. The molecule has 0 saturated heterocycles. The van der Waals surface area contributed by atoms with Crippen LogP contribution in [0.15, 0.2) is 48.5 Å². The number of benzene rings is 2. The van der Waals surface area contributed by atoms with Crippen LogP contribution in [0.3, 0.4) is 0 Å². The number of hydrogen-bond acceptors (Lipinski definition) is 2. The lowest BCUT2D eigenvalue weighted by molar-refractivity contribution is 0.170. The highest BCUT2D eigenvalue weighted by Crippen LogP contribution is 2.37. The van der Waals surface area contributed by atoms with Crippen LogP contribution in [0.25, 0.3) is 0 Å². The Bertz CT molecular complexity index is 720. The molecule has 2 aromatic carbocycles. The average molecular weight is 382 g/mol. The maximum atomic E-state index is 9.76. The van der Waals surface area contributed by atoms with Gasteiger partial charge in [-0.15, -0.1) is 0 Å². The van der Waals surface area contributed by atoms with Crippen molar-refractivity contribution < 1.29 is 5.11 Å². The molecule has 1 atom stereocenters. The second-order valence-corrected chi connectivity index (χ2v) is 9.51. The molecule has 0 spiro atoms. The number of aliphatic hydroxyl groups is 1. The smallest absolute Gasteiger partial charge is 0.0681 e.